The summed E-state index contributed by atoms with van der Waals surface area (Å²) in [5, 5.41) is 0. The van der Waals surface area contributed by atoms with Gasteiger partial charge in [-0.1, -0.05) is 6.07 Å². The third-order valence-corrected chi connectivity index (χ3v) is 3.62. The lowest BCUT2D eigenvalue weighted by molar-refractivity contribution is -0.140. The summed E-state index contributed by atoms with van der Waals surface area (Å²) in [6.45, 7) is 3.00. The first-order valence-corrected chi connectivity index (χ1v) is 7.17. The van der Waals surface area contributed by atoms with Crippen LogP contribution < -0.4 is 9.64 Å². The largest absolute Gasteiger partial charge is 0.487 e. The van der Waals surface area contributed by atoms with E-state index in [1.165, 1.54) is 12.7 Å². The van der Waals surface area contributed by atoms with Crippen LogP contribution in [0, 0.1) is 0 Å². The van der Waals surface area contributed by atoms with Gasteiger partial charge in [-0.05, 0) is 43.9 Å². The summed E-state index contributed by atoms with van der Waals surface area (Å²) in [5.41, 5.74) is 2.45. The molecule has 0 aliphatic carbocycles. The molecule has 4 nitrogen and oxygen atoms in total. The Morgan fingerprint density at radius 2 is 2.25 bits per heavy atom. The molecular weight excluding hydrogens is 254 g/mol. The minimum atomic E-state index is -0.127. The number of hydrogen-bond acceptors (Lipinski definition) is 4. The Morgan fingerprint density at radius 1 is 1.45 bits per heavy atom. The number of rotatable bonds is 5. The average Bonchev–Trinajstić information content (AvgIpc) is 2.43. The molecule has 1 aromatic carbocycles. The molecule has 0 radical (unpaired) electrons. The van der Waals surface area contributed by atoms with E-state index < -0.39 is 0 Å². The first kappa shape index (κ1) is 14.7. The smallest absolute Gasteiger partial charge is 0.305 e. The normalized spacial score (nSPS) is 17.4. The van der Waals surface area contributed by atoms with Gasteiger partial charge in [-0.2, -0.15) is 0 Å². The molecule has 110 valence electrons. The lowest BCUT2D eigenvalue weighted by Gasteiger charge is -2.32. The molecule has 0 saturated heterocycles. The lowest BCUT2D eigenvalue weighted by atomic mass is 10.0. The molecule has 0 N–H and O–H groups in total. The van der Waals surface area contributed by atoms with Gasteiger partial charge in [0.15, 0.2) is 0 Å². The molecule has 1 atom stereocenters. The van der Waals surface area contributed by atoms with Crippen molar-refractivity contribution in [3.05, 3.63) is 23.8 Å². The molecular formula is C16H23NO3. The molecule has 0 bridgehead atoms. The van der Waals surface area contributed by atoms with E-state index in [9.17, 15) is 4.79 Å². The maximum absolute atomic E-state index is 11.0. The van der Waals surface area contributed by atoms with E-state index >= 15 is 0 Å². The molecule has 1 aromatic rings. The van der Waals surface area contributed by atoms with Crippen molar-refractivity contribution >= 4 is 11.7 Å². The van der Waals surface area contributed by atoms with Crippen molar-refractivity contribution in [2.24, 2.45) is 0 Å². The van der Waals surface area contributed by atoms with Crippen LogP contribution in [0.3, 0.4) is 0 Å². The van der Waals surface area contributed by atoms with Gasteiger partial charge in [0.1, 0.15) is 11.9 Å². The average molecular weight is 277 g/mol. The Bertz CT molecular complexity index is 473. The third kappa shape index (κ3) is 3.65. The first-order chi connectivity index (χ1) is 9.60. The number of anilines is 1. The number of carbonyl (C=O) groups is 1. The summed E-state index contributed by atoms with van der Waals surface area (Å²) in [7, 11) is 3.53. The van der Waals surface area contributed by atoms with Gasteiger partial charge in [0.2, 0.25) is 0 Å². The number of aryl methyl sites for hydroxylation is 1. The summed E-state index contributed by atoms with van der Waals surface area (Å²) < 4.78 is 10.5. The summed E-state index contributed by atoms with van der Waals surface area (Å²) in [6.07, 6.45) is 3.58. The van der Waals surface area contributed by atoms with E-state index in [2.05, 4.69) is 41.8 Å². The first-order valence-electron chi connectivity index (χ1n) is 7.17. The Hall–Kier alpha value is -1.71. The number of carbonyl (C=O) groups excluding carboxylic acids is 1. The fourth-order valence-corrected chi connectivity index (χ4v) is 2.55. The predicted octanol–water partition coefficient (Wildman–Crippen LogP) is 2.79. The van der Waals surface area contributed by atoms with Gasteiger partial charge < -0.3 is 14.4 Å². The Kier molecular flexibility index (Phi) is 4.88. The van der Waals surface area contributed by atoms with E-state index in [-0.39, 0.29) is 12.1 Å². The van der Waals surface area contributed by atoms with E-state index in [1.54, 1.807) is 0 Å². The van der Waals surface area contributed by atoms with Crippen molar-refractivity contribution in [2.45, 2.75) is 38.7 Å². The number of esters is 1. The summed E-state index contributed by atoms with van der Waals surface area (Å²) in [4.78, 5) is 13.3. The van der Waals surface area contributed by atoms with Crippen molar-refractivity contribution in [2.75, 3.05) is 25.6 Å². The maximum Gasteiger partial charge on any atom is 0.305 e. The standard InChI is InChI=1S/C16H23NO3/c1-12-11-17(2)14-10-13(8-9-15(14)20-12)6-4-5-7-16(18)19-3/h8-10,12H,4-7,11H2,1-3H3. The quantitative estimate of drug-likeness (QED) is 0.613. The van der Waals surface area contributed by atoms with E-state index in [0.717, 1.165) is 37.2 Å². The van der Waals surface area contributed by atoms with Crippen LogP contribution in [-0.4, -0.2) is 32.8 Å². The number of methoxy groups -OCH3 is 1. The molecule has 0 amide bonds. The molecule has 20 heavy (non-hydrogen) atoms. The number of nitrogens with zero attached hydrogens (tertiary/aromatic N) is 1. The van der Waals surface area contributed by atoms with Gasteiger partial charge >= 0.3 is 5.97 Å². The van der Waals surface area contributed by atoms with Crippen molar-refractivity contribution in [1.82, 2.24) is 0 Å². The minimum Gasteiger partial charge on any atom is -0.487 e. The highest BCUT2D eigenvalue weighted by Gasteiger charge is 2.20. The predicted molar refractivity (Wildman–Crippen MR) is 79.4 cm³/mol. The second-order valence-electron chi connectivity index (χ2n) is 5.39. The van der Waals surface area contributed by atoms with Crippen molar-refractivity contribution in [1.29, 1.82) is 0 Å². The molecule has 1 aliphatic heterocycles. The monoisotopic (exact) mass is 277 g/mol. The highest BCUT2D eigenvalue weighted by atomic mass is 16.5. The zero-order valence-corrected chi connectivity index (χ0v) is 12.5. The van der Waals surface area contributed by atoms with Crippen LogP contribution >= 0.6 is 0 Å². The summed E-state index contributed by atoms with van der Waals surface area (Å²) in [6, 6.07) is 6.36. The van der Waals surface area contributed by atoms with Crippen molar-refractivity contribution < 1.29 is 14.3 Å². The highest BCUT2D eigenvalue weighted by molar-refractivity contribution is 5.69. The van der Waals surface area contributed by atoms with E-state index in [1.807, 2.05) is 0 Å². The van der Waals surface area contributed by atoms with Crippen LogP contribution in [0.25, 0.3) is 0 Å². The van der Waals surface area contributed by atoms with Gasteiger partial charge in [-0.15, -0.1) is 0 Å². The lowest BCUT2D eigenvalue weighted by Crippen LogP contribution is -2.35. The number of unbranched alkanes of at least 4 members (excludes halogenated alkanes) is 1. The molecule has 0 saturated carbocycles. The van der Waals surface area contributed by atoms with Crippen LogP contribution in [-0.2, 0) is 16.0 Å². The highest BCUT2D eigenvalue weighted by Crippen LogP contribution is 2.33. The molecule has 1 aliphatic rings. The molecule has 1 heterocycles. The molecule has 4 heteroatoms. The zero-order chi connectivity index (χ0) is 14.5. The maximum atomic E-state index is 11.0. The number of ether oxygens (including phenoxy) is 2. The number of hydrogen-bond donors (Lipinski definition) is 0. The Balaban J connectivity index is 1.91. The SMILES string of the molecule is COC(=O)CCCCc1ccc2c(c1)N(C)CC(C)O2. The molecule has 1 unspecified atom stereocenters. The van der Waals surface area contributed by atoms with Crippen LogP contribution in [0.1, 0.15) is 31.7 Å². The molecule has 0 aromatic heterocycles. The van der Waals surface area contributed by atoms with Gasteiger partial charge in [0.25, 0.3) is 0 Å². The Morgan fingerprint density at radius 3 is 3.00 bits per heavy atom. The van der Waals surface area contributed by atoms with Crippen LogP contribution in [0.5, 0.6) is 5.75 Å². The topological polar surface area (TPSA) is 38.8 Å². The van der Waals surface area contributed by atoms with Gasteiger partial charge in [-0.25, -0.2) is 0 Å². The second kappa shape index (κ2) is 6.64. The fraction of sp³-hybridized carbons (Fsp3) is 0.562. The van der Waals surface area contributed by atoms with Crippen molar-refractivity contribution in [3.63, 3.8) is 0 Å². The minimum absolute atomic E-state index is 0.127. The van der Waals surface area contributed by atoms with Crippen LogP contribution in [0.4, 0.5) is 5.69 Å². The molecule has 0 spiro atoms. The van der Waals surface area contributed by atoms with Gasteiger partial charge in [0.05, 0.1) is 19.3 Å². The van der Waals surface area contributed by atoms with E-state index in [0.29, 0.717) is 6.42 Å². The summed E-state index contributed by atoms with van der Waals surface area (Å²) in [5.74, 6) is 0.835. The van der Waals surface area contributed by atoms with E-state index in [4.69, 9.17) is 4.74 Å². The number of benzene rings is 1. The summed E-state index contributed by atoms with van der Waals surface area (Å²) >= 11 is 0. The van der Waals surface area contributed by atoms with Crippen LogP contribution in [0.15, 0.2) is 18.2 Å². The number of fused-ring (bicyclic) bond motifs is 1. The zero-order valence-electron chi connectivity index (χ0n) is 12.5. The fourth-order valence-electron chi connectivity index (χ4n) is 2.55. The molecule has 2 rings (SSSR count). The molecule has 0 fully saturated rings. The van der Waals surface area contributed by atoms with Crippen molar-refractivity contribution in [3.8, 4) is 5.75 Å². The number of likely N-dealkylation sites (N-methyl/N-ethyl adjacent to an activating group) is 1. The van der Waals surface area contributed by atoms with Gasteiger partial charge in [0, 0.05) is 13.5 Å². The second-order valence-corrected chi connectivity index (χ2v) is 5.39. The van der Waals surface area contributed by atoms with Crippen LogP contribution in [0.2, 0.25) is 0 Å². The third-order valence-electron chi connectivity index (χ3n) is 3.62. The van der Waals surface area contributed by atoms with Gasteiger partial charge in [-0.3, -0.25) is 4.79 Å². The Labute approximate surface area is 120 Å².